The van der Waals surface area contributed by atoms with Gasteiger partial charge in [0, 0.05) is 16.1 Å². The first-order valence-corrected chi connectivity index (χ1v) is 8.59. The number of ketones is 2. The van der Waals surface area contributed by atoms with Crippen LogP contribution in [0.3, 0.4) is 0 Å². The van der Waals surface area contributed by atoms with E-state index >= 15 is 0 Å². The monoisotopic (exact) mass is 362 g/mol. The maximum atomic E-state index is 13.1. The Hall–Kier alpha value is -2.91. The summed E-state index contributed by atoms with van der Waals surface area (Å²) in [4.78, 5) is 26.0. The van der Waals surface area contributed by atoms with Crippen molar-refractivity contribution in [3.8, 4) is 16.9 Å². The number of rotatable bonds is 3. The van der Waals surface area contributed by atoms with Crippen molar-refractivity contribution in [1.29, 1.82) is 0 Å². The third-order valence-electron chi connectivity index (χ3n) is 4.71. The van der Waals surface area contributed by atoms with Gasteiger partial charge in [-0.1, -0.05) is 54.1 Å². The van der Waals surface area contributed by atoms with Crippen molar-refractivity contribution in [3.05, 3.63) is 88.4 Å². The van der Waals surface area contributed by atoms with E-state index in [1.807, 2.05) is 36.4 Å². The van der Waals surface area contributed by atoms with E-state index in [4.69, 9.17) is 16.3 Å². The van der Waals surface area contributed by atoms with Crippen molar-refractivity contribution in [2.24, 2.45) is 0 Å². The van der Waals surface area contributed by atoms with E-state index in [0.717, 1.165) is 16.9 Å². The fourth-order valence-electron chi connectivity index (χ4n) is 3.41. The SMILES string of the molecule is COc1ccc(-c2cccc3c2C(=O)C(c2ccc(Cl)cc2)C3=O)cc1. The largest absolute Gasteiger partial charge is 0.497 e. The Balaban J connectivity index is 1.82. The van der Waals surface area contributed by atoms with Crippen molar-refractivity contribution in [1.82, 2.24) is 0 Å². The molecule has 0 heterocycles. The van der Waals surface area contributed by atoms with Crippen LogP contribution in [0, 0.1) is 0 Å². The Morgan fingerprint density at radius 3 is 2.12 bits per heavy atom. The van der Waals surface area contributed by atoms with Crippen molar-refractivity contribution in [2.75, 3.05) is 7.11 Å². The molecule has 0 bridgehead atoms. The first-order valence-electron chi connectivity index (χ1n) is 8.21. The highest BCUT2D eigenvalue weighted by Crippen LogP contribution is 2.39. The van der Waals surface area contributed by atoms with Crippen molar-refractivity contribution in [3.63, 3.8) is 0 Å². The summed E-state index contributed by atoms with van der Waals surface area (Å²) in [5.74, 6) is -0.397. The number of halogens is 1. The molecule has 3 aromatic carbocycles. The van der Waals surface area contributed by atoms with Gasteiger partial charge < -0.3 is 4.74 Å². The van der Waals surface area contributed by atoms with Crippen LogP contribution in [0.1, 0.15) is 32.2 Å². The molecule has 26 heavy (non-hydrogen) atoms. The van der Waals surface area contributed by atoms with Gasteiger partial charge in [-0.05, 0) is 41.0 Å². The normalized spacial score (nSPS) is 15.8. The standard InChI is InChI=1S/C22H15ClO3/c1-26-16-11-7-13(8-12-16)17-3-2-4-18-20(17)22(25)19(21(18)24)14-5-9-15(23)10-6-14/h2-12,19H,1H3. The zero-order valence-corrected chi connectivity index (χ0v) is 14.8. The molecule has 1 aliphatic rings. The van der Waals surface area contributed by atoms with E-state index in [0.29, 0.717) is 21.7 Å². The Morgan fingerprint density at radius 2 is 1.46 bits per heavy atom. The maximum absolute atomic E-state index is 13.1. The number of carbonyl (C=O) groups is 2. The van der Waals surface area contributed by atoms with Crippen LogP contribution in [-0.2, 0) is 0 Å². The van der Waals surface area contributed by atoms with Gasteiger partial charge in [-0.15, -0.1) is 0 Å². The van der Waals surface area contributed by atoms with Gasteiger partial charge in [0.1, 0.15) is 11.7 Å². The van der Waals surface area contributed by atoms with Crippen molar-refractivity contribution in [2.45, 2.75) is 5.92 Å². The molecule has 0 saturated carbocycles. The highest BCUT2D eigenvalue weighted by molar-refractivity contribution is 6.32. The number of ether oxygens (including phenoxy) is 1. The molecule has 1 aliphatic carbocycles. The second kappa shape index (κ2) is 6.43. The molecule has 0 aromatic heterocycles. The topological polar surface area (TPSA) is 43.4 Å². The minimum Gasteiger partial charge on any atom is -0.497 e. The lowest BCUT2D eigenvalue weighted by atomic mass is 9.93. The van der Waals surface area contributed by atoms with Crippen LogP contribution in [0.5, 0.6) is 5.75 Å². The molecule has 128 valence electrons. The van der Waals surface area contributed by atoms with Crippen LogP contribution in [-0.4, -0.2) is 18.7 Å². The molecule has 0 fully saturated rings. The zero-order valence-electron chi connectivity index (χ0n) is 14.0. The average molecular weight is 363 g/mol. The molecule has 0 N–H and O–H groups in total. The van der Waals surface area contributed by atoms with Crippen LogP contribution in [0.25, 0.3) is 11.1 Å². The van der Waals surface area contributed by atoms with E-state index in [1.54, 1.807) is 37.4 Å². The Bertz CT molecular complexity index is 1000. The Kier molecular flexibility index (Phi) is 4.09. The smallest absolute Gasteiger partial charge is 0.179 e. The molecule has 0 saturated heterocycles. The summed E-state index contributed by atoms with van der Waals surface area (Å²) in [5.41, 5.74) is 3.27. The van der Waals surface area contributed by atoms with E-state index in [-0.39, 0.29) is 11.6 Å². The molecule has 0 spiro atoms. The summed E-state index contributed by atoms with van der Waals surface area (Å²) in [7, 11) is 1.61. The molecular formula is C22H15ClO3. The lowest BCUT2D eigenvalue weighted by Gasteiger charge is -2.09. The lowest BCUT2D eigenvalue weighted by molar-refractivity contribution is 0.0890. The van der Waals surface area contributed by atoms with Gasteiger partial charge in [-0.2, -0.15) is 0 Å². The molecule has 4 heteroatoms. The Labute approximate surface area is 156 Å². The van der Waals surface area contributed by atoms with E-state index < -0.39 is 5.92 Å². The fourth-order valence-corrected chi connectivity index (χ4v) is 3.54. The summed E-state index contributed by atoms with van der Waals surface area (Å²) in [5, 5.41) is 0.572. The van der Waals surface area contributed by atoms with Crippen LogP contribution < -0.4 is 4.74 Å². The van der Waals surface area contributed by atoms with Crippen LogP contribution in [0.2, 0.25) is 5.02 Å². The molecule has 1 atom stereocenters. The van der Waals surface area contributed by atoms with Crippen LogP contribution >= 0.6 is 11.6 Å². The van der Waals surface area contributed by atoms with Gasteiger partial charge >= 0.3 is 0 Å². The minimum absolute atomic E-state index is 0.164. The first kappa shape index (κ1) is 16.6. The number of fused-ring (bicyclic) bond motifs is 1. The summed E-state index contributed by atoms with van der Waals surface area (Å²) in [6, 6.07) is 19.7. The summed E-state index contributed by atoms with van der Waals surface area (Å²) in [6.07, 6.45) is 0. The number of hydrogen-bond acceptors (Lipinski definition) is 3. The van der Waals surface area contributed by atoms with E-state index in [1.165, 1.54) is 0 Å². The zero-order chi connectivity index (χ0) is 18.3. The van der Waals surface area contributed by atoms with Gasteiger partial charge in [0.05, 0.1) is 7.11 Å². The summed E-state index contributed by atoms with van der Waals surface area (Å²) < 4.78 is 5.19. The van der Waals surface area contributed by atoms with Gasteiger partial charge in [-0.3, -0.25) is 9.59 Å². The molecule has 3 aromatic rings. The molecule has 0 aliphatic heterocycles. The van der Waals surface area contributed by atoms with E-state index in [9.17, 15) is 9.59 Å². The quantitative estimate of drug-likeness (QED) is 0.603. The summed E-state index contributed by atoms with van der Waals surface area (Å²) >= 11 is 5.93. The molecular weight excluding hydrogens is 348 g/mol. The minimum atomic E-state index is -0.804. The molecule has 1 unspecified atom stereocenters. The van der Waals surface area contributed by atoms with Gasteiger partial charge in [-0.25, -0.2) is 0 Å². The number of benzene rings is 3. The summed E-state index contributed by atoms with van der Waals surface area (Å²) in [6.45, 7) is 0. The lowest BCUT2D eigenvalue weighted by Crippen LogP contribution is -2.12. The number of carbonyl (C=O) groups excluding carboxylic acids is 2. The molecule has 0 radical (unpaired) electrons. The van der Waals surface area contributed by atoms with Crippen molar-refractivity contribution >= 4 is 23.2 Å². The fraction of sp³-hybridized carbons (Fsp3) is 0.0909. The molecule has 3 nitrogen and oxygen atoms in total. The van der Waals surface area contributed by atoms with Crippen molar-refractivity contribution < 1.29 is 14.3 Å². The molecule has 4 rings (SSSR count). The van der Waals surface area contributed by atoms with Gasteiger partial charge in [0.15, 0.2) is 11.6 Å². The Morgan fingerprint density at radius 1 is 0.808 bits per heavy atom. The number of Topliss-reactive ketones (excluding diaryl/α,β-unsaturated/α-hetero) is 2. The predicted molar refractivity (Wildman–Crippen MR) is 101 cm³/mol. The third kappa shape index (κ3) is 2.61. The average Bonchev–Trinajstić information content (AvgIpc) is 2.93. The number of methoxy groups -OCH3 is 1. The second-order valence-corrected chi connectivity index (χ2v) is 6.61. The van der Waals surface area contributed by atoms with Crippen LogP contribution in [0.15, 0.2) is 66.7 Å². The van der Waals surface area contributed by atoms with Crippen LogP contribution in [0.4, 0.5) is 0 Å². The predicted octanol–water partition coefficient (Wildman–Crippen LogP) is 5.18. The van der Waals surface area contributed by atoms with E-state index in [2.05, 4.69) is 0 Å². The highest BCUT2D eigenvalue weighted by atomic mass is 35.5. The second-order valence-electron chi connectivity index (χ2n) is 6.17. The molecule has 0 amide bonds. The first-order chi connectivity index (χ1) is 12.6. The van der Waals surface area contributed by atoms with Gasteiger partial charge in [0.2, 0.25) is 0 Å². The van der Waals surface area contributed by atoms with Gasteiger partial charge in [0.25, 0.3) is 0 Å². The maximum Gasteiger partial charge on any atom is 0.179 e. The number of hydrogen-bond donors (Lipinski definition) is 0. The third-order valence-corrected chi connectivity index (χ3v) is 4.96. The highest BCUT2D eigenvalue weighted by Gasteiger charge is 2.41.